The lowest BCUT2D eigenvalue weighted by Gasteiger charge is -2.12. The maximum atomic E-state index is 12.8. The van der Waals surface area contributed by atoms with Crippen molar-refractivity contribution in [3.8, 4) is 11.5 Å². The first-order valence-corrected chi connectivity index (χ1v) is 10.8. The van der Waals surface area contributed by atoms with Crippen molar-refractivity contribution in [3.63, 3.8) is 0 Å². The van der Waals surface area contributed by atoms with E-state index in [0.717, 1.165) is 18.6 Å². The Labute approximate surface area is 193 Å². The number of aryl methyl sites for hydroxylation is 1. The Bertz CT molecular complexity index is 1060. The van der Waals surface area contributed by atoms with Crippen molar-refractivity contribution < 1.29 is 23.5 Å². The van der Waals surface area contributed by atoms with Gasteiger partial charge in [-0.15, -0.1) is 0 Å². The zero-order chi connectivity index (χ0) is 23.5. The van der Waals surface area contributed by atoms with Crippen LogP contribution in [0.15, 0.2) is 77.0 Å². The summed E-state index contributed by atoms with van der Waals surface area (Å²) in [6, 6.07) is 17.9. The summed E-state index contributed by atoms with van der Waals surface area (Å²) in [5, 5.41) is 5.42. The quantitative estimate of drug-likeness (QED) is 0.339. The van der Waals surface area contributed by atoms with Crippen LogP contribution in [-0.2, 0) is 11.2 Å². The summed E-state index contributed by atoms with van der Waals surface area (Å²) in [4.78, 5) is 25.4. The van der Waals surface area contributed by atoms with Gasteiger partial charge in [0, 0.05) is 11.6 Å². The van der Waals surface area contributed by atoms with Crippen molar-refractivity contribution in [2.45, 2.75) is 19.8 Å². The van der Waals surface area contributed by atoms with E-state index in [9.17, 15) is 9.59 Å². The molecule has 0 atom stereocenters. The minimum atomic E-state index is -0.449. The molecule has 172 valence electrons. The predicted molar refractivity (Wildman–Crippen MR) is 126 cm³/mol. The number of carbonyl (C=O) groups is 2. The molecular formula is C26H28N2O5. The lowest BCUT2D eigenvalue weighted by Crippen LogP contribution is -2.36. The highest BCUT2D eigenvalue weighted by molar-refractivity contribution is 6.05. The Kier molecular flexibility index (Phi) is 8.71. The van der Waals surface area contributed by atoms with Gasteiger partial charge in [-0.25, -0.2) is 0 Å². The minimum Gasteiger partial charge on any atom is -0.497 e. The Morgan fingerprint density at radius 3 is 2.36 bits per heavy atom. The van der Waals surface area contributed by atoms with Crippen molar-refractivity contribution in [3.05, 3.63) is 89.5 Å². The topological polar surface area (TPSA) is 89.8 Å². The molecule has 2 N–H and O–H groups in total. The molecule has 2 amide bonds. The highest BCUT2D eigenvalue weighted by atomic mass is 16.5. The number of nitrogens with one attached hydrogen (secondary N) is 2. The van der Waals surface area contributed by atoms with Gasteiger partial charge in [0.15, 0.2) is 0 Å². The largest absolute Gasteiger partial charge is 0.497 e. The maximum absolute atomic E-state index is 12.8. The zero-order valence-electron chi connectivity index (χ0n) is 18.8. The Hall–Kier alpha value is -4.00. The van der Waals surface area contributed by atoms with E-state index in [0.29, 0.717) is 23.7 Å². The summed E-state index contributed by atoms with van der Waals surface area (Å²) in [6.07, 6.45) is 5.09. The van der Waals surface area contributed by atoms with Crippen LogP contribution in [0.4, 0.5) is 0 Å². The van der Waals surface area contributed by atoms with Crippen LogP contribution in [0.5, 0.6) is 11.5 Å². The molecule has 33 heavy (non-hydrogen) atoms. The van der Waals surface area contributed by atoms with Crippen LogP contribution in [0.25, 0.3) is 6.08 Å². The fourth-order valence-electron chi connectivity index (χ4n) is 3.08. The highest BCUT2D eigenvalue weighted by Crippen LogP contribution is 2.14. The second kappa shape index (κ2) is 12.1. The van der Waals surface area contributed by atoms with Gasteiger partial charge in [-0.2, -0.15) is 0 Å². The van der Waals surface area contributed by atoms with Crippen LogP contribution >= 0.6 is 0 Å². The first-order chi connectivity index (χ1) is 16.1. The molecule has 0 aliphatic heterocycles. The van der Waals surface area contributed by atoms with Crippen LogP contribution in [-0.4, -0.2) is 32.1 Å². The van der Waals surface area contributed by atoms with Gasteiger partial charge in [0.25, 0.3) is 11.8 Å². The number of amides is 2. The molecule has 0 bridgehead atoms. The maximum Gasteiger partial charge on any atom is 0.268 e. The van der Waals surface area contributed by atoms with Gasteiger partial charge in [-0.05, 0) is 60.5 Å². The fourth-order valence-corrected chi connectivity index (χ4v) is 3.08. The Balaban J connectivity index is 1.58. The van der Waals surface area contributed by atoms with Crippen LogP contribution in [0.1, 0.15) is 35.0 Å². The first kappa shape index (κ1) is 23.7. The van der Waals surface area contributed by atoms with Crippen molar-refractivity contribution in [1.29, 1.82) is 0 Å². The second-order valence-electron chi connectivity index (χ2n) is 7.25. The molecule has 0 saturated heterocycles. The summed E-state index contributed by atoms with van der Waals surface area (Å²) in [5.41, 5.74) is 1.72. The van der Waals surface area contributed by atoms with E-state index in [1.165, 1.54) is 17.9 Å². The van der Waals surface area contributed by atoms with E-state index in [-0.39, 0.29) is 12.2 Å². The molecule has 0 radical (unpaired) electrons. The number of carbonyl (C=O) groups excluding carboxylic acids is 2. The molecule has 0 saturated carbocycles. The molecule has 3 aromatic rings. The molecule has 1 aromatic heterocycles. The molecule has 0 aliphatic carbocycles. The first-order valence-electron chi connectivity index (χ1n) is 10.8. The van der Waals surface area contributed by atoms with Gasteiger partial charge < -0.3 is 24.5 Å². The summed E-state index contributed by atoms with van der Waals surface area (Å²) in [6.45, 7) is 2.70. The van der Waals surface area contributed by atoms with Gasteiger partial charge in [0.2, 0.25) is 0 Å². The van der Waals surface area contributed by atoms with Gasteiger partial charge in [0.1, 0.15) is 29.6 Å². The number of rotatable bonds is 11. The standard InChI is InChI=1S/C26H28N2O5/c1-3-5-19-7-11-22(12-8-19)33-17-15-27-26(30)24(18-23-6-4-16-32-23)28-25(29)20-9-13-21(31-2)14-10-20/h4,6-14,16,18H,3,5,15,17H2,1-2H3,(H,27,30)(H,28,29)/b24-18-. The molecule has 7 nitrogen and oxygen atoms in total. The van der Waals surface area contributed by atoms with E-state index in [1.54, 1.807) is 43.5 Å². The van der Waals surface area contributed by atoms with E-state index < -0.39 is 11.8 Å². The van der Waals surface area contributed by atoms with Crippen LogP contribution in [0, 0.1) is 0 Å². The van der Waals surface area contributed by atoms with Crippen LogP contribution in [0.3, 0.4) is 0 Å². The molecule has 3 rings (SSSR count). The van der Waals surface area contributed by atoms with Crippen molar-refractivity contribution in [2.75, 3.05) is 20.3 Å². The van der Waals surface area contributed by atoms with Gasteiger partial charge in [-0.3, -0.25) is 9.59 Å². The smallest absolute Gasteiger partial charge is 0.268 e. The molecule has 0 fully saturated rings. The monoisotopic (exact) mass is 448 g/mol. The van der Waals surface area contributed by atoms with Gasteiger partial charge >= 0.3 is 0 Å². The van der Waals surface area contributed by atoms with E-state index >= 15 is 0 Å². The van der Waals surface area contributed by atoms with Gasteiger partial charge in [0.05, 0.1) is 19.9 Å². The van der Waals surface area contributed by atoms with Crippen LogP contribution in [0.2, 0.25) is 0 Å². The third kappa shape index (κ3) is 7.28. The number of ether oxygens (including phenoxy) is 2. The third-order valence-corrected chi connectivity index (χ3v) is 4.79. The molecule has 7 heteroatoms. The number of methoxy groups -OCH3 is 1. The highest BCUT2D eigenvalue weighted by Gasteiger charge is 2.15. The van der Waals surface area contributed by atoms with Crippen molar-refractivity contribution >= 4 is 17.9 Å². The molecule has 0 unspecified atom stereocenters. The predicted octanol–water partition coefficient (Wildman–Crippen LogP) is 4.21. The number of hydrogen-bond acceptors (Lipinski definition) is 5. The summed E-state index contributed by atoms with van der Waals surface area (Å²) in [7, 11) is 1.55. The van der Waals surface area contributed by atoms with Crippen LogP contribution < -0.4 is 20.1 Å². The lowest BCUT2D eigenvalue weighted by atomic mass is 10.1. The fraction of sp³-hybridized carbons (Fsp3) is 0.231. The molecule has 1 heterocycles. The van der Waals surface area contributed by atoms with Gasteiger partial charge in [-0.1, -0.05) is 25.5 Å². The van der Waals surface area contributed by atoms with E-state index in [1.807, 2.05) is 24.3 Å². The average Bonchev–Trinajstić information content (AvgIpc) is 3.35. The Morgan fingerprint density at radius 2 is 1.73 bits per heavy atom. The number of furan rings is 1. The zero-order valence-corrected chi connectivity index (χ0v) is 18.8. The number of benzene rings is 2. The Morgan fingerprint density at radius 1 is 1.00 bits per heavy atom. The molecule has 0 spiro atoms. The third-order valence-electron chi connectivity index (χ3n) is 4.79. The molecule has 2 aromatic carbocycles. The second-order valence-corrected chi connectivity index (χ2v) is 7.25. The molecule has 0 aliphatic rings. The summed E-state index contributed by atoms with van der Waals surface area (Å²) >= 11 is 0. The van der Waals surface area contributed by atoms with E-state index in [2.05, 4.69) is 17.6 Å². The minimum absolute atomic E-state index is 0.0645. The summed E-state index contributed by atoms with van der Waals surface area (Å²) < 4.78 is 16.1. The SMILES string of the molecule is CCCc1ccc(OCCNC(=O)/C(=C/c2ccco2)NC(=O)c2ccc(OC)cc2)cc1. The van der Waals surface area contributed by atoms with Crippen molar-refractivity contribution in [1.82, 2.24) is 10.6 Å². The number of hydrogen-bond donors (Lipinski definition) is 2. The summed E-state index contributed by atoms with van der Waals surface area (Å²) in [5.74, 6) is 0.946. The van der Waals surface area contributed by atoms with Crippen molar-refractivity contribution in [2.24, 2.45) is 0 Å². The normalized spacial score (nSPS) is 11.0. The van der Waals surface area contributed by atoms with E-state index in [4.69, 9.17) is 13.9 Å². The average molecular weight is 449 g/mol. The lowest BCUT2D eigenvalue weighted by molar-refractivity contribution is -0.117. The molecular weight excluding hydrogens is 420 g/mol.